The highest BCUT2D eigenvalue weighted by Crippen LogP contribution is 2.29. The lowest BCUT2D eigenvalue weighted by molar-refractivity contribution is -0.113. The van der Waals surface area contributed by atoms with E-state index in [1.54, 1.807) is 12.1 Å². The molecule has 0 saturated heterocycles. The van der Waals surface area contributed by atoms with Gasteiger partial charge in [-0.15, -0.1) is 4.40 Å². The summed E-state index contributed by atoms with van der Waals surface area (Å²) in [7, 11) is -3.92. The van der Waals surface area contributed by atoms with Crippen LogP contribution in [0.1, 0.15) is 24.1 Å². The Balaban J connectivity index is 1.45. The summed E-state index contributed by atoms with van der Waals surface area (Å²) in [5.74, 6) is -0.534. The second-order valence-electron chi connectivity index (χ2n) is 6.87. The molecule has 2 N–H and O–H groups in total. The van der Waals surface area contributed by atoms with Gasteiger partial charge < -0.3 is 10.4 Å². The second-order valence-corrected chi connectivity index (χ2v) is 9.69. The molecule has 11 heteroatoms. The molecule has 2 heterocycles. The van der Waals surface area contributed by atoms with Gasteiger partial charge in [0.15, 0.2) is 11.6 Å². The Morgan fingerprint density at radius 1 is 1.19 bits per heavy atom. The monoisotopic (exact) mass is 551 g/mol. The normalized spacial score (nSPS) is 14.5. The van der Waals surface area contributed by atoms with E-state index in [0.29, 0.717) is 24.2 Å². The van der Waals surface area contributed by atoms with Gasteiger partial charge >= 0.3 is 0 Å². The molecule has 2 aromatic carbocycles. The molecule has 4 rings (SSSR count). The van der Waals surface area contributed by atoms with E-state index in [0.717, 1.165) is 14.8 Å². The van der Waals surface area contributed by atoms with Crippen LogP contribution in [0.3, 0.4) is 0 Å². The Hall–Kier alpha value is -2.64. The van der Waals surface area contributed by atoms with Crippen LogP contribution in [0.2, 0.25) is 0 Å². The van der Waals surface area contributed by atoms with Gasteiger partial charge in [-0.1, -0.05) is 18.2 Å². The first-order chi connectivity index (χ1) is 14.9. The van der Waals surface area contributed by atoms with E-state index in [4.69, 9.17) is 0 Å². The number of hydrogen-bond acceptors (Lipinski definition) is 7. The molecule has 160 valence electrons. The number of aliphatic hydroxyl groups is 1. The van der Waals surface area contributed by atoms with Crippen LogP contribution in [0, 0.1) is 3.57 Å². The van der Waals surface area contributed by atoms with Crippen LogP contribution in [0.4, 0.5) is 5.69 Å². The van der Waals surface area contributed by atoms with E-state index >= 15 is 0 Å². The lowest BCUT2D eigenvalue weighted by atomic mass is 10.0. The summed E-state index contributed by atoms with van der Waals surface area (Å²) in [6.45, 7) is -0.197. The number of hydrogen-bond donors (Lipinski definition) is 2. The Morgan fingerprint density at radius 2 is 2.00 bits per heavy atom. The molecule has 0 spiro atoms. The van der Waals surface area contributed by atoms with Crippen molar-refractivity contribution in [1.29, 1.82) is 0 Å². The van der Waals surface area contributed by atoms with Gasteiger partial charge in [-0.2, -0.15) is 23.4 Å². The standard InChI is InChI=1S/C20H18IN5O4S/c21-14-8-9-16-19(10-14)31(29,30)25-20(23-16)18(28)7-3-5-13-4-1-2-6-17(13)26-22-11-15(12-27)24-26/h1-2,4,6,8-11,27H,3,5,7,12H2,(H,23,25). The SMILES string of the molecule is O=C(CCCc1ccccc1-n1ncc(CO)n1)C1=NS(=O)(=O)c2cc(I)ccc2N1. The summed E-state index contributed by atoms with van der Waals surface area (Å²) >= 11 is 2.02. The summed E-state index contributed by atoms with van der Waals surface area (Å²) in [4.78, 5) is 14.1. The smallest absolute Gasteiger partial charge is 0.286 e. The van der Waals surface area contributed by atoms with Gasteiger partial charge in [0.05, 0.1) is 24.2 Å². The molecule has 1 aromatic heterocycles. The number of rotatable bonds is 7. The number of carbonyl (C=O) groups excluding carboxylic acids is 1. The summed E-state index contributed by atoms with van der Waals surface area (Å²) in [6, 6.07) is 12.4. The van der Waals surface area contributed by atoms with Crippen molar-refractivity contribution >= 4 is 49.9 Å². The largest absolute Gasteiger partial charge is 0.390 e. The molecule has 0 unspecified atom stereocenters. The number of anilines is 1. The van der Waals surface area contributed by atoms with Crippen molar-refractivity contribution in [3.8, 4) is 5.69 Å². The van der Waals surface area contributed by atoms with Crippen molar-refractivity contribution in [3.05, 3.63) is 63.5 Å². The summed E-state index contributed by atoms with van der Waals surface area (Å²) < 4.78 is 29.3. The number of benzene rings is 2. The molecule has 0 fully saturated rings. The van der Waals surface area contributed by atoms with Gasteiger partial charge in [0.2, 0.25) is 0 Å². The minimum absolute atomic E-state index is 0.0684. The molecule has 0 bridgehead atoms. The summed E-state index contributed by atoms with van der Waals surface area (Å²) in [5.41, 5.74) is 2.51. The van der Waals surface area contributed by atoms with Crippen LogP contribution in [0.5, 0.6) is 0 Å². The number of aryl methyl sites for hydroxylation is 1. The van der Waals surface area contributed by atoms with E-state index in [1.165, 1.54) is 17.1 Å². The van der Waals surface area contributed by atoms with Crippen molar-refractivity contribution in [2.24, 2.45) is 4.40 Å². The van der Waals surface area contributed by atoms with Crippen molar-refractivity contribution in [3.63, 3.8) is 0 Å². The van der Waals surface area contributed by atoms with Crippen LogP contribution in [-0.2, 0) is 27.8 Å². The summed E-state index contributed by atoms with van der Waals surface area (Å²) in [6.07, 6.45) is 2.67. The first-order valence-electron chi connectivity index (χ1n) is 9.42. The predicted octanol–water partition coefficient (Wildman–Crippen LogP) is 2.47. The third-order valence-electron chi connectivity index (χ3n) is 4.71. The van der Waals surface area contributed by atoms with Crippen molar-refractivity contribution < 1.29 is 18.3 Å². The average molecular weight is 551 g/mol. The molecular weight excluding hydrogens is 533 g/mol. The van der Waals surface area contributed by atoms with Crippen LogP contribution < -0.4 is 5.32 Å². The highest BCUT2D eigenvalue weighted by molar-refractivity contribution is 14.1. The number of halogens is 1. The number of amidine groups is 1. The number of aromatic nitrogens is 3. The maximum absolute atomic E-state index is 12.6. The third kappa shape index (κ3) is 4.67. The van der Waals surface area contributed by atoms with Crippen molar-refractivity contribution in [1.82, 2.24) is 15.0 Å². The fourth-order valence-corrected chi connectivity index (χ4v) is 5.07. The van der Waals surface area contributed by atoms with Gasteiger partial charge in [-0.05, 0) is 65.3 Å². The first-order valence-corrected chi connectivity index (χ1v) is 11.9. The highest BCUT2D eigenvalue weighted by atomic mass is 127. The number of carbonyl (C=O) groups is 1. The van der Waals surface area contributed by atoms with Gasteiger partial charge in [-0.3, -0.25) is 4.79 Å². The quantitative estimate of drug-likeness (QED) is 0.432. The number of aliphatic hydroxyl groups excluding tert-OH is 1. The van der Waals surface area contributed by atoms with E-state index in [2.05, 4.69) is 19.9 Å². The Labute approximate surface area is 192 Å². The zero-order chi connectivity index (χ0) is 22.0. The molecule has 1 aliphatic heterocycles. The summed E-state index contributed by atoms with van der Waals surface area (Å²) in [5, 5.41) is 20.4. The molecule has 3 aromatic rings. The number of nitrogens with zero attached hydrogens (tertiary/aromatic N) is 4. The Kier molecular flexibility index (Phi) is 6.16. The molecule has 0 amide bonds. The molecule has 0 saturated carbocycles. The van der Waals surface area contributed by atoms with Gasteiger partial charge in [0.25, 0.3) is 10.0 Å². The van der Waals surface area contributed by atoms with Crippen LogP contribution in [0.25, 0.3) is 5.69 Å². The number of sulfonamides is 1. The van der Waals surface area contributed by atoms with E-state index in [-0.39, 0.29) is 29.5 Å². The lowest BCUT2D eigenvalue weighted by Gasteiger charge is -2.17. The second kappa shape index (κ2) is 8.85. The van der Waals surface area contributed by atoms with Crippen LogP contribution >= 0.6 is 22.6 Å². The molecule has 31 heavy (non-hydrogen) atoms. The number of nitrogens with one attached hydrogen (secondary N) is 1. The van der Waals surface area contributed by atoms with E-state index in [9.17, 15) is 18.3 Å². The maximum atomic E-state index is 12.6. The number of ketones is 1. The number of para-hydroxylation sites is 1. The van der Waals surface area contributed by atoms with Crippen LogP contribution in [0.15, 0.2) is 58.0 Å². The lowest BCUT2D eigenvalue weighted by Crippen LogP contribution is -2.29. The maximum Gasteiger partial charge on any atom is 0.286 e. The van der Waals surface area contributed by atoms with E-state index < -0.39 is 10.0 Å². The molecule has 1 aliphatic rings. The molecule has 0 atom stereocenters. The fourth-order valence-electron chi connectivity index (χ4n) is 3.21. The van der Waals surface area contributed by atoms with E-state index in [1.807, 2.05) is 46.9 Å². The fraction of sp³-hybridized carbons (Fsp3) is 0.200. The minimum atomic E-state index is -3.92. The Morgan fingerprint density at radius 3 is 2.77 bits per heavy atom. The van der Waals surface area contributed by atoms with Crippen LogP contribution in [-0.4, -0.2) is 40.1 Å². The van der Waals surface area contributed by atoms with Crippen molar-refractivity contribution in [2.75, 3.05) is 5.32 Å². The topological polar surface area (TPSA) is 127 Å². The zero-order valence-electron chi connectivity index (χ0n) is 16.2. The third-order valence-corrected chi connectivity index (χ3v) is 6.70. The Bertz CT molecular complexity index is 1290. The van der Waals surface area contributed by atoms with Gasteiger partial charge in [0.1, 0.15) is 10.6 Å². The van der Waals surface area contributed by atoms with Gasteiger partial charge in [0, 0.05) is 9.99 Å². The number of Topliss-reactive ketones (excluding diaryl/α,β-unsaturated/α-hetero) is 1. The molecule has 9 nitrogen and oxygen atoms in total. The molecule has 0 aliphatic carbocycles. The molecule has 0 radical (unpaired) electrons. The molecular formula is C20H18IN5O4S. The predicted molar refractivity (Wildman–Crippen MR) is 123 cm³/mol. The van der Waals surface area contributed by atoms with Crippen molar-refractivity contribution in [2.45, 2.75) is 30.8 Å². The zero-order valence-corrected chi connectivity index (χ0v) is 19.2. The first kappa shape index (κ1) is 21.6. The average Bonchev–Trinajstić information content (AvgIpc) is 3.23. The number of fused-ring (bicyclic) bond motifs is 1. The van der Waals surface area contributed by atoms with Gasteiger partial charge in [-0.25, -0.2) is 0 Å². The highest BCUT2D eigenvalue weighted by Gasteiger charge is 2.28. The minimum Gasteiger partial charge on any atom is -0.390 e.